The Morgan fingerprint density at radius 2 is 1.93 bits per heavy atom. The van der Waals surface area contributed by atoms with Crippen LogP contribution in [-0.2, 0) is 17.1 Å². The Balaban J connectivity index is 1.68. The maximum Gasteiger partial charge on any atom is 0.243 e. The van der Waals surface area contributed by atoms with Gasteiger partial charge in [0, 0.05) is 32.1 Å². The zero-order chi connectivity index (χ0) is 19.2. The number of rotatable bonds is 5. The van der Waals surface area contributed by atoms with Crippen LogP contribution in [0, 0.1) is 5.41 Å². The van der Waals surface area contributed by atoms with Crippen LogP contribution in [0.3, 0.4) is 0 Å². The number of methoxy groups -OCH3 is 2. The van der Waals surface area contributed by atoms with E-state index in [1.165, 1.54) is 20.3 Å². The highest BCUT2D eigenvalue weighted by Gasteiger charge is 2.55. The van der Waals surface area contributed by atoms with Gasteiger partial charge >= 0.3 is 0 Å². The summed E-state index contributed by atoms with van der Waals surface area (Å²) in [6, 6.07) is 4.72. The van der Waals surface area contributed by atoms with Crippen LogP contribution < -0.4 is 9.47 Å². The maximum absolute atomic E-state index is 13.3. The number of sulfonamides is 1. The highest BCUT2D eigenvalue weighted by atomic mass is 32.2. The third-order valence-electron chi connectivity index (χ3n) is 6.02. The SMILES string of the molecule is COc1ccc(S(=O)(=O)N2CC(c3nncn3C)C3(CCC3)C2)cc1OC. The molecule has 9 heteroatoms. The Bertz CT molecular complexity index is 952. The van der Waals surface area contributed by atoms with E-state index in [1.807, 2.05) is 11.6 Å². The van der Waals surface area contributed by atoms with E-state index in [4.69, 9.17) is 9.47 Å². The zero-order valence-corrected chi connectivity index (χ0v) is 16.6. The Morgan fingerprint density at radius 3 is 2.48 bits per heavy atom. The Hall–Kier alpha value is -2.13. The summed E-state index contributed by atoms with van der Waals surface area (Å²) in [6.45, 7) is 0.935. The quantitative estimate of drug-likeness (QED) is 0.771. The molecule has 8 nitrogen and oxygen atoms in total. The van der Waals surface area contributed by atoms with E-state index in [2.05, 4.69) is 10.2 Å². The lowest BCUT2D eigenvalue weighted by atomic mass is 9.62. The molecule has 0 radical (unpaired) electrons. The highest BCUT2D eigenvalue weighted by Crippen LogP contribution is 2.56. The van der Waals surface area contributed by atoms with E-state index in [0.717, 1.165) is 25.1 Å². The van der Waals surface area contributed by atoms with E-state index in [1.54, 1.807) is 22.8 Å². The van der Waals surface area contributed by atoms with Crippen LogP contribution >= 0.6 is 0 Å². The molecule has 1 unspecified atom stereocenters. The van der Waals surface area contributed by atoms with Gasteiger partial charge in [0.1, 0.15) is 12.2 Å². The molecule has 1 saturated carbocycles. The fourth-order valence-electron chi connectivity index (χ4n) is 4.33. The van der Waals surface area contributed by atoms with Crippen LogP contribution in [0.4, 0.5) is 0 Å². The van der Waals surface area contributed by atoms with Gasteiger partial charge in [-0.05, 0) is 30.4 Å². The van der Waals surface area contributed by atoms with E-state index >= 15 is 0 Å². The number of aromatic nitrogens is 3. The second kappa shape index (κ2) is 6.49. The molecule has 2 heterocycles. The second-order valence-corrected chi connectivity index (χ2v) is 9.32. The van der Waals surface area contributed by atoms with Crippen molar-refractivity contribution in [2.45, 2.75) is 30.1 Å². The van der Waals surface area contributed by atoms with E-state index < -0.39 is 10.0 Å². The van der Waals surface area contributed by atoms with Gasteiger partial charge in [0.05, 0.1) is 19.1 Å². The summed E-state index contributed by atoms with van der Waals surface area (Å²) < 4.78 is 40.6. The zero-order valence-electron chi connectivity index (χ0n) is 15.8. The van der Waals surface area contributed by atoms with Crippen molar-refractivity contribution in [3.63, 3.8) is 0 Å². The van der Waals surface area contributed by atoms with Gasteiger partial charge in [-0.2, -0.15) is 4.31 Å². The number of ether oxygens (including phenoxy) is 2. The van der Waals surface area contributed by atoms with Crippen molar-refractivity contribution in [1.82, 2.24) is 19.1 Å². The van der Waals surface area contributed by atoms with Crippen LogP contribution in [-0.4, -0.2) is 54.8 Å². The van der Waals surface area contributed by atoms with E-state index in [0.29, 0.717) is 24.6 Å². The van der Waals surface area contributed by atoms with Gasteiger partial charge in [-0.1, -0.05) is 6.42 Å². The lowest BCUT2D eigenvalue weighted by molar-refractivity contribution is 0.126. The summed E-state index contributed by atoms with van der Waals surface area (Å²) in [7, 11) is 1.29. The summed E-state index contributed by atoms with van der Waals surface area (Å²) in [4.78, 5) is 0.216. The van der Waals surface area contributed by atoms with Gasteiger partial charge in [-0.3, -0.25) is 0 Å². The van der Waals surface area contributed by atoms with Crippen molar-refractivity contribution in [2.75, 3.05) is 27.3 Å². The first kappa shape index (κ1) is 18.2. The topological polar surface area (TPSA) is 86.6 Å². The van der Waals surface area contributed by atoms with Gasteiger partial charge in [-0.25, -0.2) is 8.42 Å². The van der Waals surface area contributed by atoms with Crippen molar-refractivity contribution < 1.29 is 17.9 Å². The van der Waals surface area contributed by atoms with Crippen LogP contribution in [0.15, 0.2) is 29.4 Å². The summed E-state index contributed by atoms with van der Waals surface area (Å²) >= 11 is 0. The molecule has 0 amide bonds. The highest BCUT2D eigenvalue weighted by molar-refractivity contribution is 7.89. The summed E-state index contributed by atoms with van der Waals surface area (Å²) in [5.74, 6) is 1.83. The average Bonchev–Trinajstić information content (AvgIpc) is 3.24. The van der Waals surface area contributed by atoms with Crippen LogP contribution in [0.25, 0.3) is 0 Å². The number of nitrogens with zero attached hydrogens (tertiary/aromatic N) is 4. The van der Waals surface area contributed by atoms with Gasteiger partial charge < -0.3 is 14.0 Å². The summed E-state index contributed by atoms with van der Waals surface area (Å²) in [6.07, 6.45) is 4.83. The normalized spacial score (nSPS) is 22.0. The minimum atomic E-state index is -3.64. The molecule has 27 heavy (non-hydrogen) atoms. The standard InChI is InChI=1S/C18H24N4O4S/c1-21-12-19-20-17(21)14-10-22(11-18(14)7-4-8-18)27(23,24)13-5-6-15(25-2)16(9-13)26-3/h5-6,9,12,14H,4,7-8,10-11H2,1-3H3. The van der Waals surface area contributed by atoms with Crippen LogP contribution in [0.1, 0.15) is 31.0 Å². The Labute approximate surface area is 159 Å². The lowest BCUT2D eigenvalue weighted by Gasteiger charge is -2.42. The molecule has 2 aliphatic rings. The van der Waals surface area contributed by atoms with Gasteiger partial charge in [0.15, 0.2) is 11.5 Å². The molecule has 2 fully saturated rings. The summed E-state index contributed by atoms with van der Waals surface area (Å²) in [5, 5.41) is 8.26. The van der Waals surface area contributed by atoms with Crippen LogP contribution in [0.5, 0.6) is 11.5 Å². The largest absolute Gasteiger partial charge is 0.493 e. The second-order valence-electron chi connectivity index (χ2n) is 7.38. The minimum Gasteiger partial charge on any atom is -0.493 e. The molecule has 1 aliphatic heterocycles. The molecular formula is C18H24N4O4S. The predicted octanol–water partition coefficient (Wildman–Crippen LogP) is 1.79. The molecule has 0 N–H and O–H groups in total. The number of hydrogen-bond donors (Lipinski definition) is 0. The van der Waals surface area contributed by atoms with Gasteiger partial charge in [0.2, 0.25) is 10.0 Å². The molecule has 2 aromatic rings. The van der Waals surface area contributed by atoms with Crippen molar-refractivity contribution in [3.8, 4) is 11.5 Å². The fourth-order valence-corrected chi connectivity index (χ4v) is 5.90. The molecule has 1 atom stereocenters. The molecule has 0 bridgehead atoms. The molecule has 4 rings (SSSR count). The number of aryl methyl sites for hydroxylation is 1. The maximum atomic E-state index is 13.3. The number of benzene rings is 1. The van der Waals surface area contributed by atoms with Crippen molar-refractivity contribution >= 4 is 10.0 Å². The third-order valence-corrected chi connectivity index (χ3v) is 7.82. The first-order valence-corrected chi connectivity index (χ1v) is 10.4. The van der Waals surface area contributed by atoms with Crippen molar-refractivity contribution in [1.29, 1.82) is 0 Å². The average molecular weight is 392 g/mol. The smallest absolute Gasteiger partial charge is 0.243 e. The molecule has 1 aromatic heterocycles. The van der Waals surface area contributed by atoms with Crippen molar-refractivity contribution in [3.05, 3.63) is 30.4 Å². The third kappa shape index (κ3) is 2.80. The van der Waals surface area contributed by atoms with Gasteiger partial charge in [0.25, 0.3) is 0 Å². The predicted molar refractivity (Wildman–Crippen MR) is 98.3 cm³/mol. The monoisotopic (exact) mass is 392 g/mol. The van der Waals surface area contributed by atoms with E-state index in [-0.39, 0.29) is 16.2 Å². The van der Waals surface area contributed by atoms with Crippen molar-refractivity contribution in [2.24, 2.45) is 12.5 Å². The molecule has 1 saturated heterocycles. The molecule has 146 valence electrons. The number of hydrogen-bond acceptors (Lipinski definition) is 6. The fraction of sp³-hybridized carbons (Fsp3) is 0.556. The first-order valence-electron chi connectivity index (χ1n) is 8.97. The lowest BCUT2D eigenvalue weighted by Crippen LogP contribution is -2.38. The Morgan fingerprint density at radius 1 is 1.19 bits per heavy atom. The molecular weight excluding hydrogens is 368 g/mol. The first-order chi connectivity index (χ1) is 12.9. The van der Waals surface area contributed by atoms with Crippen LogP contribution in [0.2, 0.25) is 0 Å². The Kier molecular flexibility index (Phi) is 4.38. The molecule has 1 aliphatic carbocycles. The van der Waals surface area contributed by atoms with E-state index in [9.17, 15) is 8.42 Å². The summed E-state index contributed by atoms with van der Waals surface area (Å²) in [5.41, 5.74) is -0.0373. The van der Waals surface area contributed by atoms with Gasteiger partial charge in [-0.15, -0.1) is 10.2 Å². The minimum absolute atomic E-state index is 0.0373. The molecule has 1 aromatic carbocycles. The molecule has 1 spiro atoms.